The minimum absolute atomic E-state index is 0.455. The van der Waals surface area contributed by atoms with Gasteiger partial charge in [0.1, 0.15) is 0 Å². The molecule has 1 aromatic heterocycles. The first-order valence-electron chi connectivity index (χ1n) is 7.53. The fourth-order valence-electron chi connectivity index (χ4n) is 2.29. The summed E-state index contributed by atoms with van der Waals surface area (Å²) in [5, 5.41) is 3.64. The van der Waals surface area contributed by atoms with Crippen molar-refractivity contribution < 1.29 is 0 Å². The maximum absolute atomic E-state index is 4.32. The minimum atomic E-state index is 0.455. The molecule has 0 aromatic carbocycles. The molecule has 0 saturated carbocycles. The molecule has 0 spiro atoms. The van der Waals surface area contributed by atoms with E-state index in [1.807, 2.05) is 18.5 Å². The van der Waals surface area contributed by atoms with Gasteiger partial charge in [0, 0.05) is 18.4 Å². The fraction of sp³-hybridized carbons (Fsp3) is 0.588. The zero-order valence-corrected chi connectivity index (χ0v) is 12.5. The van der Waals surface area contributed by atoms with Crippen molar-refractivity contribution in [3.8, 4) is 0 Å². The van der Waals surface area contributed by atoms with Crippen molar-refractivity contribution in [1.82, 2.24) is 10.3 Å². The Labute approximate surface area is 118 Å². The Hall–Kier alpha value is -1.15. The SMILES string of the molecule is C=CCCCCCC(NCCC)c1cncc(C)c1. The highest BCUT2D eigenvalue weighted by Gasteiger charge is 2.10. The molecular weight excluding hydrogens is 232 g/mol. The number of nitrogens with one attached hydrogen (secondary N) is 1. The van der Waals surface area contributed by atoms with Gasteiger partial charge in [0.15, 0.2) is 0 Å². The van der Waals surface area contributed by atoms with E-state index in [4.69, 9.17) is 0 Å². The van der Waals surface area contributed by atoms with Crippen LogP contribution in [0.5, 0.6) is 0 Å². The molecular formula is C17H28N2. The molecule has 0 aliphatic rings. The maximum Gasteiger partial charge on any atom is 0.0335 e. The van der Waals surface area contributed by atoms with Crippen LogP contribution in [0.3, 0.4) is 0 Å². The average molecular weight is 260 g/mol. The summed E-state index contributed by atoms with van der Waals surface area (Å²) in [5.41, 5.74) is 2.57. The topological polar surface area (TPSA) is 24.9 Å². The lowest BCUT2D eigenvalue weighted by Crippen LogP contribution is -2.22. The van der Waals surface area contributed by atoms with Crippen LogP contribution in [-0.4, -0.2) is 11.5 Å². The number of rotatable bonds is 10. The molecule has 0 aliphatic heterocycles. The van der Waals surface area contributed by atoms with E-state index < -0.39 is 0 Å². The van der Waals surface area contributed by atoms with Gasteiger partial charge in [-0.3, -0.25) is 4.98 Å². The number of hydrogen-bond donors (Lipinski definition) is 1. The summed E-state index contributed by atoms with van der Waals surface area (Å²) in [6.07, 6.45) is 13.3. The largest absolute Gasteiger partial charge is 0.310 e. The van der Waals surface area contributed by atoms with Gasteiger partial charge in [0.05, 0.1) is 0 Å². The van der Waals surface area contributed by atoms with Crippen molar-refractivity contribution in [3.05, 3.63) is 42.2 Å². The summed E-state index contributed by atoms with van der Waals surface area (Å²) >= 11 is 0. The van der Waals surface area contributed by atoms with E-state index in [9.17, 15) is 0 Å². The van der Waals surface area contributed by atoms with Gasteiger partial charge in [-0.05, 0) is 50.3 Å². The van der Waals surface area contributed by atoms with Crippen LogP contribution >= 0.6 is 0 Å². The van der Waals surface area contributed by atoms with Crippen LogP contribution < -0.4 is 5.32 Å². The van der Waals surface area contributed by atoms with Gasteiger partial charge < -0.3 is 5.32 Å². The summed E-state index contributed by atoms with van der Waals surface area (Å²) in [7, 11) is 0. The molecule has 0 saturated heterocycles. The Kier molecular flexibility index (Phi) is 8.15. The van der Waals surface area contributed by atoms with Gasteiger partial charge in [-0.1, -0.05) is 31.9 Å². The summed E-state index contributed by atoms with van der Waals surface area (Å²) in [5.74, 6) is 0. The van der Waals surface area contributed by atoms with Crippen molar-refractivity contribution in [3.63, 3.8) is 0 Å². The van der Waals surface area contributed by atoms with Gasteiger partial charge in [0.25, 0.3) is 0 Å². The standard InChI is InChI=1S/C17H28N2/c1-4-6-7-8-9-10-17(19-11-5-2)16-12-15(3)13-18-14-16/h4,12-14,17,19H,1,5-11H2,2-3H3. The Morgan fingerprint density at radius 1 is 1.32 bits per heavy atom. The molecule has 0 amide bonds. The summed E-state index contributed by atoms with van der Waals surface area (Å²) in [6.45, 7) is 9.16. The molecule has 2 nitrogen and oxygen atoms in total. The highest BCUT2D eigenvalue weighted by atomic mass is 14.9. The van der Waals surface area contributed by atoms with Crippen molar-refractivity contribution >= 4 is 0 Å². The van der Waals surface area contributed by atoms with Crippen LogP contribution in [0.1, 0.15) is 62.6 Å². The van der Waals surface area contributed by atoms with Crippen LogP contribution in [0, 0.1) is 6.92 Å². The molecule has 1 N–H and O–H groups in total. The van der Waals surface area contributed by atoms with Crippen molar-refractivity contribution in [2.24, 2.45) is 0 Å². The van der Waals surface area contributed by atoms with Gasteiger partial charge in [-0.2, -0.15) is 0 Å². The summed E-state index contributed by atoms with van der Waals surface area (Å²) < 4.78 is 0. The molecule has 1 unspecified atom stereocenters. The molecule has 1 heterocycles. The monoisotopic (exact) mass is 260 g/mol. The third-order valence-electron chi connectivity index (χ3n) is 3.34. The first-order valence-corrected chi connectivity index (χ1v) is 7.53. The Morgan fingerprint density at radius 3 is 2.84 bits per heavy atom. The quantitative estimate of drug-likeness (QED) is 0.492. The summed E-state index contributed by atoms with van der Waals surface area (Å²) in [4.78, 5) is 4.32. The van der Waals surface area contributed by atoms with Crippen LogP contribution in [0.2, 0.25) is 0 Å². The molecule has 0 fully saturated rings. The Morgan fingerprint density at radius 2 is 2.16 bits per heavy atom. The molecule has 0 bridgehead atoms. The highest BCUT2D eigenvalue weighted by molar-refractivity contribution is 5.20. The third kappa shape index (κ3) is 6.53. The lowest BCUT2D eigenvalue weighted by molar-refractivity contribution is 0.471. The van der Waals surface area contributed by atoms with Crippen molar-refractivity contribution in [2.45, 2.75) is 58.4 Å². The van der Waals surface area contributed by atoms with Gasteiger partial charge in [-0.25, -0.2) is 0 Å². The Balaban J connectivity index is 2.49. The van der Waals surface area contributed by atoms with Gasteiger partial charge in [-0.15, -0.1) is 6.58 Å². The van der Waals surface area contributed by atoms with Crippen molar-refractivity contribution in [1.29, 1.82) is 0 Å². The molecule has 106 valence electrons. The lowest BCUT2D eigenvalue weighted by atomic mass is 10.00. The predicted molar refractivity (Wildman–Crippen MR) is 83.3 cm³/mol. The molecule has 0 aliphatic carbocycles. The van der Waals surface area contributed by atoms with Crippen LogP contribution in [0.25, 0.3) is 0 Å². The number of unbranched alkanes of at least 4 members (excludes halogenated alkanes) is 3. The van der Waals surface area contributed by atoms with E-state index in [0.717, 1.165) is 13.0 Å². The van der Waals surface area contributed by atoms with Crippen LogP contribution in [-0.2, 0) is 0 Å². The number of allylic oxidation sites excluding steroid dienone is 1. The van der Waals surface area contributed by atoms with Crippen LogP contribution in [0.15, 0.2) is 31.1 Å². The number of pyridine rings is 1. The van der Waals surface area contributed by atoms with Gasteiger partial charge in [0.2, 0.25) is 0 Å². The van der Waals surface area contributed by atoms with E-state index in [1.165, 1.54) is 43.2 Å². The smallest absolute Gasteiger partial charge is 0.0335 e. The molecule has 0 radical (unpaired) electrons. The fourth-order valence-corrected chi connectivity index (χ4v) is 2.29. The molecule has 1 rings (SSSR count). The van der Waals surface area contributed by atoms with E-state index >= 15 is 0 Å². The normalized spacial score (nSPS) is 12.3. The predicted octanol–water partition coefficient (Wildman–Crippen LogP) is 4.57. The van der Waals surface area contributed by atoms with Gasteiger partial charge >= 0.3 is 0 Å². The number of nitrogens with zero attached hydrogens (tertiary/aromatic N) is 1. The number of aromatic nitrogens is 1. The number of aryl methyl sites for hydroxylation is 1. The second-order valence-electron chi connectivity index (χ2n) is 5.23. The van der Waals surface area contributed by atoms with E-state index in [1.54, 1.807) is 0 Å². The minimum Gasteiger partial charge on any atom is -0.310 e. The zero-order chi connectivity index (χ0) is 13.9. The summed E-state index contributed by atoms with van der Waals surface area (Å²) in [6, 6.07) is 2.71. The lowest BCUT2D eigenvalue weighted by Gasteiger charge is -2.19. The highest BCUT2D eigenvalue weighted by Crippen LogP contribution is 2.20. The first-order chi connectivity index (χ1) is 9.27. The zero-order valence-electron chi connectivity index (χ0n) is 12.5. The molecule has 1 aromatic rings. The van der Waals surface area contributed by atoms with Crippen LogP contribution in [0.4, 0.5) is 0 Å². The second-order valence-corrected chi connectivity index (χ2v) is 5.23. The molecule has 2 heteroatoms. The van der Waals surface area contributed by atoms with Crippen molar-refractivity contribution in [2.75, 3.05) is 6.54 Å². The van der Waals surface area contributed by atoms with E-state index in [2.05, 4.69) is 36.8 Å². The molecule has 19 heavy (non-hydrogen) atoms. The molecule has 1 atom stereocenters. The third-order valence-corrected chi connectivity index (χ3v) is 3.34. The maximum atomic E-state index is 4.32. The average Bonchev–Trinajstić information content (AvgIpc) is 2.42. The van der Waals surface area contributed by atoms with E-state index in [-0.39, 0.29) is 0 Å². The first kappa shape index (κ1) is 15.9. The van der Waals surface area contributed by atoms with E-state index in [0.29, 0.717) is 6.04 Å². The second kappa shape index (κ2) is 9.74. The Bertz CT molecular complexity index is 360. The number of hydrogen-bond acceptors (Lipinski definition) is 2.